The molecule has 2 aromatic heterocycles. The van der Waals surface area contributed by atoms with Crippen LogP contribution in [0.5, 0.6) is 0 Å². The Morgan fingerprint density at radius 1 is 1.34 bits per heavy atom. The van der Waals surface area contributed by atoms with Crippen LogP contribution in [0.15, 0.2) is 51.4 Å². The summed E-state index contributed by atoms with van der Waals surface area (Å²) in [5.41, 5.74) is 2.34. The zero-order valence-electron chi connectivity index (χ0n) is 15.9. The fourth-order valence-electron chi connectivity index (χ4n) is 3.49. The molecule has 0 unspecified atom stereocenters. The standard InChI is InChI=1S/C21H20FN3O2S2/c1-2-25(15-5-3-4-6-15)17(26)12-29-21-23-19(27)18-16(11-28-20(18)24-21)13-7-9-14(22)10-8-13/h5,7-11H,2-4,6,12H2,1H3,(H,23,24,27). The summed E-state index contributed by atoms with van der Waals surface area (Å²) in [5, 5.41) is 2.77. The molecule has 0 saturated carbocycles. The third kappa shape index (κ3) is 4.13. The Morgan fingerprint density at radius 3 is 2.83 bits per heavy atom. The Labute approximate surface area is 175 Å². The fourth-order valence-corrected chi connectivity index (χ4v) is 5.23. The van der Waals surface area contributed by atoms with Crippen molar-refractivity contribution < 1.29 is 9.18 Å². The van der Waals surface area contributed by atoms with Crippen molar-refractivity contribution >= 4 is 39.2 Å². The molecule has 0 bridgehead atoms. The van der Waals surface area contributed by atoms with Crippen LogP contribution in [0.3, 0.4) is 0 Å². The van der Waals surface area contributed by atoms with Gasteiger partial charge in [0.2, 0.25) is 5.91 Å². The first-order valence-electron chi connectivity index (χ1n) is 9.46. The number of amides is 1. The topological polar surface area (TPSA) is 66.1 Å². The maximum atomic E-state index is 13.2. The predicted molar refractivity (Wildman–Crippen MR) is 116 cm³/mol. The normalized spacial score (nSPS) is 13.7. The van der Waals surface area contributed by atoms with Crippen molar-refractivity contribution in [3.05, 3.63) is 57.6 Å². The van der Waals surface area contributed by atoms with Crippen LogP contribution in [-0.4, -0.2) is 33.1 Å². The molecule has 3 aromatic rings. The van der Waals surface area contributed by atoms with Crippen molar-refractivity contribution in [2.45, 2.75) is 31.3 Å². The number of thioether (sulfide) groups is 1. The minimum Gasteiger partial charge on any atom is -0.316 e. The van der Waals surface area contributed by atoms with Crippen LogP contribution in [0.1, 0.15) is 26.2 Å². The van der Waals surface area contributed by atoms with E-state index in [0.717, 1.165) is 36.1 Å². The maximum Gasteiger partial charge on any atom is 0.260 e. The second kappa shape index (κ2) is 8.51. The summed E-state index contributed by atoms with van der Waals surface area (Å²) in [6.07, 6.45) is 5.17. The maximum absolute atomic E-state index is 13.2. The summed E-state index contributed by atoms with van der Waals surface area (Å²) in [6.45, 7) is 2.61. The lowest BCUT2D eigenvalue weighted by molar-refractivity contribution is -0.126. The number of nitrogens with zero attached hydrogens (tertiary/aromatic N) is 2. The molecule has 2 heterocycles. The van der Waals surface area contributed by atoms with Crippen molar-refractivity contribution in [2.24, 2.45) is 0 Å². The summed E-state index contributed by atoms with van der Waals surface area (Å²) in [6, 6.07) is 6.04. The lowest BCUT2D eigenvalue weighted by atomic mass is 10.1. The highest BCUT2D eigenvalue weighted by atomic mass is 32.2. The molecular weight excluding hydrogens is 409 g/mol. The van der Waals surface area contributed by atoms with Crippen molar-refractivity contribution in [2.75, 3.05) is 12.3 Å². The SMILES string of the molecule is CCN(C(=O)CSc1nc2scc(-c3ccc(F)cc3)c2c(=O)[nH]1)C1=CCCC1. The quantitative estimate of drug-likeness (QED) is 0.452. The first-order chi connectivity index (χ1) is 14.1. The smallest absolute Gasteiger partial charge is 0.260 e. The van der Waals surface area contributed by atoms with E-state index in [4.69, 9.17) is 0 Å². The zero-order valence-corrected chi connectivity index (χ0v) is 17.5. The molecular formula is C21H20FN3O2S2. The van der Waals surface area contributed by atoms with E-state index in [0.29, 0.717) is 21.9 Å². The Bertz CT molecular complexity index is 1140. The van der Waals surface area contributed by atoms with Gasteiger partial charge in [0.1, 0.15) is 10.6 Å². The number of hydrogen-bond acceptors (Lipinski definition) is 5. The summed E-state index contributed by atoms with van der Waals surface area (Å²) in [4.78, 5) is 35.0. The van der Waals surface area contributed by atoms with E-state index in [1.54, 1.807) is 12.1 Å². The monoisotopic (exact) mass is 429 g/mol. The van der Waals surface area contributed by atoms with Gasteiger partial charge in [0.05, 0.1) is 11.1 Å². The molecule has 0 atom stereocenters. The lowest BCUT2D eigenvalue weighted by Gasteiger charge is -2.21. The number of halogens is 1. The van der Waals surface area contributed by atoms with Crippen molar-refractivity contribution in [3.8, 4) is 11.1 Å². The molecule has 0 radical (unpaired) electrons. The number of aromatic amines is 1. The van der Waals surface area contributed by atoms with Crippen LogP contribution in [0.2, 0.25) is 0 Å². The van der Waals surface area contributed by atoms with Gasteiger partial charge in [-0.3, -0.25) is 9.59 Å². The summed E-state index contributed by atoms with van der Waals surface area (Å²) < 4.78 is 13.2. The van der Waals surface area contributed by atoms with Gasteiger partial charge >= 0.3 is 0 Å². The second-order valence-electron chi connectivity index (χ2n) is 6.72. The van der Waals surface area contributed by atoms with Crippen molar-refractivity contribution in [3.63, 3.8) is 0 Å². The van der Waals surface area contributed by atoms with Crippen LogP contribution >= 0.6 is 23.1 Å². The Balaban J connectivity index is 1.54. The lowest BCUT2D eigenvalue weighted by Crippen LogP contribution is -2.31. The van der Waals surface area contributed by atoms with Gasteiger partial charge in [-0.1, -0.05) is 30.0 Å². The molecule has 0 fully saturated rings. The van der Waals surface area contributed by atoms with Gasteiger partial charge in [0.25, 0.3) is 5.56 Å². The summed E-state index contributed by atoms with van der Waals surface area (Å²) in [7, 11) is 0. The number of carbonyl (C=O) groups excluding carboxylic acids is 1. The van der Waals surface area contributed by atoms with Crippen LogP contribution < -0.4 is 5.56 Å². The van der Waals surface area contributed by atoms with E-state index < -0.39 is 0 Å². The molecule has 1 N–H and O–H groups in total. The molecule has 0 spiro atoms. The predicted octanol–water partition coefficient (Wildman–Crippen LogP) is 4.80. The van der Waals surface area contributed by atoms with E-state index in [9.17, 15) is 14.0 Å². The second-order valence-corrected chi connectivity index (χ2v) is 8.54. The summed E-state index contributed by atoms with van der Waals surface area (Å²) in [5.74, 6) is -0.0831. The number of hydrogen-bond donors (Lipinski definition) is 1. The molecule has 1 aliphatic rings. The van der Waals surface area contributed by atoms with E-state index in [1.165, 1.54) is 35.2 Å². The third-order valence-electron chi connectivity index (χ3n) is 4.89. The molecule has 5 nitrogen and oxygen atoms in total. The highest BCUT2D eigenvalue weighted by molar-refractivity contribution is 7.99. The van der Waals surface area contributed by atoms with Crippen LogP contribution in [0.4, 0.5) is 4.39 Å². The Hall–Kier alpha value is -2.45. The minimum atomic E-state index is -0.321. The number of benzene rings is 1. The van der Waals surface area contributed by atoms with Gasteiger partial charge in [-0.25, -0.2) is 9.37 Å². The molecule has 0 saturated heterocycles. The fraction of sp³-hybridized carbons (Fsp3) is 0.286. The molecule has 8 heteroatoms. The van der Waals surface area contributed by atoms with Crippen LogP contribution in [-0.2, 0) is 4.79 Å². The van der Waals surface area contributed by atoms with Crippen LogP contribution in [0, 0.1) is 5.82 Å². The molecule has 1 amide bonds. The molecule has 1 aliphatic carbocycles. The number of nitrogens with one attached hydrogen (secondary N) is 1. The van der Waals surface area contributed by atoms with E-state index in [-0.39, 0.29) is 23.0 Å². The number of rotatable bonds is 6. The number of aromatic nitrogens is 2. The van der Waals surface area contributed by atoms with E-state index >= 15 is 0 Å². The number of thiophene rings is 1. The number of allylic oxidation sites excluding steroid dienone is 2. The average molecular weight is 430 g/mol. The van der Waals surface area contributed by atoms with Gasteiger partial charge in [-0.15, -0.1) is 11.3 Å². The molecule has 1 aromatic carbocycles. The van der Waals surface area contributed by atoms with Gasteiger partial charge in [-0.2, -0.15) is 0 Å². The first kappa shape index (κ1) is 19.8. The molecule has 0 aliphatic heterocycles. The largest absolute Gasteiger partial charge is 0.316 e. The Morgan fingerprint density at radius 2 is 2.14 bits per heavy atom. The molecule has 29 heavy (non-hydrogen) atoms. The van der Waals surface area contributed by atoms with Crippen molar-refractivity contribution in [1.82, 2.24) is 14.9 Å². The molecule has 4 rings (SSSR count). The van der Waals surface area contributed by atoms with Crippen molar-refractivity contribution in [1.29, 1.82) is 0 Å². The zero-order chi connectivity index (χ0) is 20.4. The van der Waals surface area contributed by atoms with Gasteiger partial charge in [-0.05, 0) is 43.9 Å². The van der Waals surface area contributed by atoms with E-state index in [2.05, 4.69) is 16.0 Å². The first-order valence-corrected chi connectivity index (χ1v) is 11.3. The minimum absolute atomic E-state index is 0.0200. The van der Waals surface area contributed by atoms with Gasteiger partial charge in [0, 0.05) is 23.2 Å². The third-order valence-corrected chi connectivity index (χ3v) is 6.62. The summed E-state index contributed by atoms with van der Waals surface area (Å²) >= 11 is 2.60. The highest BCUT2D eigenvalue weighted by Crippen LogP contribution is 2.31. The van der Waals surface area contributed by atoms with Gasteiger partial charge in [0.15, 0.2) is 5.16 Å². The molecule has 150 valence electrons. The average Bonchev–Trinajstić information content (AvgIpc) is 3.38. The number of H-pyrrole nitrogens is 1. The van der Waals surface area contributed by atoms with E-state index in [1.807, 2.05) is 17.2 Å². The highest BCUT2D eigenvalue weighted by Gasteiger charge is 2.20. The van der Waals surface area contributed by atoms with Crippen LogP contribution in [0.25, 0.3) is 21.3 Å². The number of carbonyl (C=O) groups is 1. The Kier molecular flexibility index (Phi) is 5.82. The van der Waals surface area contributed by atoms with Gasteiger partial charge < -0.3 is 9.88 Å². The number of fused-ring (bicyclic) bond motifs is 1.